The number of hydrogen-bond acceptors (Lipinski definition) is 4. The molecule has 0 fully saturated rings. The Balaban J connectivity index is 2.54. The third kappa shape index (κ3) is 1.61. The van der Waals surface area contributed by atoms with Gasteiger partial charge in [0.1, 0.15) is 17.3 Å². The van der Waals surface area contributed by atoms with Crippen LogP contribution in [0.5, 0.6) is 5.75 Å². The molecule has 5 heteroatoms. The molecule has 0 bridgehead atoms. The van der Waals surface area contributed by atoms with E-state index in [1.165, 1.54) is 0 Å². The highest BCUT2D eigenvalue weighted by Gasteiger charge is 2.10. The van der Waals surface area contributed by atoms with E-state index in [-0.39, 0.29) is 0 Å². The van der Waals surface area contributed by atoms with E-state index in [4.69, 9.17) is 16.2 Å². The number of nitrogens with two attached hydrogens (primary N) is 2. The van der Waals surface area contributed by atoms with E-state index in [2.05, 4.69) is 5.10 Å². The highest BCUT2D eigenvalue weighted by atomic mass is 16.5. The van der Waals surface area contributed by atoms with E-state index < -0.39 is 0 Å². The summed E-state index contributed by atoms with van der Waals surface area (Å²) >= 11 is 0. The van der Waals surface area contributed by atoms with Gasteiger partial charge < -0.3 is 16.2 Å². The lowest BCUT2D eigenvalue weighted by molar-refractivity contribution is 0.412. The smallest absolute Gasteiger partial charge is 0.144 e. The van der Waals surface area contributed by atoms with Crippen molar-refractivity contribution in [3.05, 3.63) is 36.0 Å². The van der Waals surface area contributed by atoms with Crippen LogP contribution in [0.15, 0.2) is 30.5 Å². The molecule has 0 aliphatic heterocycles. The molecule has 0 saturated heterocycles. The number of aromatic nitrogens is 2. The molecule has 4 N–H and O–H groups in total. The minimum absolute atomic E-state index is 0.376. The van der Waals surface area contributed by atoms with Gasteiger partial charge in [-0.2, -0.15) is 5.10 Å². The molecule has 0 radical (unpaired) electrons. The molecule has 84 valence electrons. The lowest BCUT2D eigenvalue weighted by atomic mass is 10.3. The molecular formula is C11H14N4O. The fourth-order valence-electron chi connectivity index (χ4n) is 1.55. The van der Waals surface area contributed by atoms with Crippen molar-refractivity contribution < 1.29 is 4.74 Å². The van der Waals surface area contributed by atoms with Gasteiger partial charge in [0.05, 0.1) is 13.3 Å². The molecule has 0 saturated carbocycles. The van der Waals surface area contributed by atoms with E-state index in [1.54, 1.807) is 18.0 Å². The predicted octanol–water partition coefficient (Wildman–Crippen LogP) is 0.922. The maximum Gasteiger partial charge on any atom is 0.144 e. The van der Waals surface area contributed by atoms with Crippen LogP contribution in [0.1, 0.15) is 5.56 Å². The molecule has 16 heavy (non-hydrogen) atoms. The zero-order chi connectivity index (χ0) is 11.5. The lowest BCUT2D eigenvalue weighted by Crippen LogP contribution is -2.06. The summed E-state index contributed by atoms with van der Waals surface area (Å²) in [4.78, 5) is 0. The fourth-order valence-corrected chi connectivity index (χ4v) is 1.55. The van der Waals surface area contributed by atoms with Gasteiger partial charge in [-0.05, 0) is 12.1 Å². The summed E-state index contributed by atoms with van der Waals surface area (Å²) in [6.07, 6.45) is 1.67. The zero-order valence-corrected chi connectivity index (χ0v) is 9.05. The Kier molecular flexibility index (Phi) is 2.78. The van der Waals surface area contributed by atoms with Crippen LogP contribution in [0.25, 0.3) is 5.69 Å². The number of benzene rings is 1. The summed E-state index contributed by atoms with van der Waals surface area (Å²) in [7, 11) is 1.61. The van der Waals surface area contributed by atoms with Crippen molar-refractivity contribution in [2.45, 2.75) is 6.54 Å². The highest BCUT2D eigenvalue weighted by molar-refractivity contribution is 5.53. The minimum atomic E-state index is 0.376. The zero-order valence-electron chi connectivity index (χ0n) is 9.05. The quantitative estimate of drug-likeness (QED) is 0.803. The molecule has 1 heterocycles. The van der Waals surface area contributed by atoms with Gasteiger partial charge >= 0.3 is 0 Å². The van der Waals surface area contributed by atoms with E-state index >= 15 is 0 Å². The van der Waals surface area contributed by atoms with Crippen molar-refractivity contribution in [3.8, 4) is 11.4 Å². The number of hydrogen-bond donors (Lipinski definition) is 2. The van der Waals surface area contributed by atoms with Crippen molar-refractivity contribution in [3.63, 3.8) is 0 Å². The lowest BCUT2D eigenvalue weighted by Gasteiger charge is -2.09. The molecule has 1 aromatic carbocycles. The van der Waals surface area contributed by atoms with Crippen LogP contribution >= 0.6 is 0 Å². The molecule has 5 nitrogen and oxygen atoms in total. The van der Waals surface area contributed by atoms with E-state index in [0.717, 1.165) is 17.0 Å². The van der Waals surface area contributed by atoms with Crippen LogP contribution in [0.2, 0.25) is 0 Å². The summed E-state index contributed by atoms with van der Waals surface area (Å²) in [5.41, 5.74) is 13.1. The van der Waals surface area contributed by atoms with Crippen molar-refractivity contribution >= 4 is 5.82 Å². The van der Waals surface area contributed by atoms with Crippen molar-refractivity contribution in [1.29, 1.82) is 0 Å². The summed E-state index contributed by atoms with van der Waals surface area (Å²) in [6.45, 7) is 0.376. The SMILES string of the molecule is COc1ccccc1-n1ncc(CN)c1N. The first-order valence-corrected chi connectivity index (χ1v) is 4.93. The first-order chi connectivity index (χ1) is 7.77. The first-order valence-electron chi connectivity index (χ1n) is 4.93. The number of anilines is 1. The predicted molar refractivity (Wildman–Crippen MR) is 62.4 cm³/mol. The van der Waals surface area contributed by atoms with E-state index in [1.807, 2.05) is 24.3 Å². The summed E-state index contributed by atoms with van der Waals surface area (Å²) in [5, 5.41) is 4.20. The normalized spacial score (nSPS) is 10.4. The van der Waals surface area contributed by atoms with Crippen LogP contribution in [0.3, 0.4) is 0 Å². The van der Waals surface area contributed by atoms with Crippen LogP contribution < -0.4 is 16.2 Å². The second-order valence-corrected chi connectivity index (χ2v) is 3.34. The Labute approximate surface area is 93.6 Å². The van der Waals surface area contributed by atoms with Crippen LogP contribution in [-0.4, -0.2) is 16.9 Å². The number of para-hydroxylation sites is 2. The fraction of sp³-hybridized carbons (Fsp3) is 0.182. The maximum absolute atomic E-state index is 5.93. The van der Waals surface area contributed by atoms with Crippen LogP contribution in [0, 0.1) is 0 Å². The van der Waals surface area contributed by atoms with Crippen LogP contribution in [0.4, 0.5) is 5.82 Å². The number of rotatable bonds is 3. The number of nitrogens with zero attached hydrogens (tertiary/aromatic N) is 2. The number of ether oxygens (including phenoxy) is 1. The van der Waals surface area contributed by atoms with Crippen molar-refractivity contribution in [1.82, 2.24) is 9.78 Å². The second-order valence-electron chi connectivity index (χ2n) is 3.34. The van der Waals surface area contributed by atoms with Crippen LogP contribution in [-0.2, 0) is 6.54 Å². The van der Waals surface area contributed by atoms with Crippen molar-refractivity contribution in [2.24, 2.45) is 5.73 Å². The molecule has 2 aromatic rings. The Hall–Kier alpha value is -2.01. The summed E-state index contributed by atoms with van der Waals surface area (Å²) in [6, 6.07) is 7.55. The molecule has 0 spiro atoms. The van der Waals surface area contributed by atoms with E-state index in [9.17, 15) is 0 Å². The molecule has 0 aliphatic rings. The van der Waals surface area contributed by atoms with Gasteiger partial charge in [-0.15, -0.1) is 0 Å². The van der Waals surface area contributed by atoms with Gasteiger partial charge in [-0.1, -0.05) is 12.1 Å². The monoisotopic (exact) mass is 218 g/mol. The Morgan fingerprint density at radius 3 is 2.75 bits per heavy atom. The van der Waals surface area contributed by atoms with Gasteiger partial charge in [-0.25, -0.2) is 4.68 Å². The Bertz CT molecular complexity index is 492. The molecular weight excluding hydrogens is 204 g/mol. The third-order valence-electron chi connectivity index (χ3n) is 2.42. The van der Waals surface area contributed by atoms with E-state index in [0.29, 0.717) is 12.4 Å². The minimum Gasteiger partial charge on any atom is -0.494 e. The highest BCUT2D eigenvalue weighted by Crippen LogP contribution is 2.25. The third-order valence-corrected chi connectivity index (χ3v) is 2.42. The largest absolute Gasteiger partial charge is 0.494 e. The second kappa shape index (κ2) is 4.24. The van der Waals surface area contributed by atoms with Gasteiger partial charge in [0.2, 0.25) is 0 Å². The topological polar surface area (TPSA) is 79.1 Å². The molecule has 2 rings (SSSR count). The van der Waals surface area contributed by atoms with Gasteiger partial charge in [0.25, 0.3) is 0 Å². The number of nitrogen functional groups attached to an aromatic ring is 1. The summed E-state index contributed by atoms with van der Waals surface area (Å²) in [5.74, 6) is 1.27. The van der Waals surface area contributed by atoms with Gasteiger partial charge in [0.15, 0.2) is 0 Å². The molecule has 0 unspecified atom stereocenters. The average molecular weight is 218 g/mol. The van der Waals surface area contributed by atoms with Crippen molar-refractivity contribution in [2.75, 3.05) is 12.8 Å². The standard InChI is InChI=1S/C11H14N4O/c1-16-10-5-3-2-4-9(10)15-11(13)8(6-12)7-14-15/h2-5,7H,6,12-13H2,1H3. The van der Waals surface area contributed by atoms with Gasteiger partial charge in [0, 0.05) is 12.1 Å². The van der Waals surface area contributed by atoms with Gasteiger partial charge in [-0.3, -0.25) is 0 Å². The maximum atomic E-state index is 5.93. The molecule has 0 atom stereocenters. The first kappa shape index (κ1) is 10.5. The summed E-state index contributed by atoms with van der Waals surface area (Å²) < 4.78 is 6.88. The Morgan fingerprint density at radius 2 is 2.12 bits per heavy atom. The Morgan fingerprint density at radius 1 is 1.38 bits per heavy atom. The molecule has 0 amide bonds. The molecule has 1 aromatic heterocycles. The average Bonchev–Trinajstić information content (AvgIpc) is 2.70. The molecule has 0 aliphatic carbocycles. The number of methoxy groups -OCH3 is 1.